The lowest BCUT2D eigenvalue weighted by Crippen LogP contribution is -1.99. The predicted octanol–water partition coefficient (Wildman–Crippen LogP) is 5.62. The SMILES string of the molecule is Fc1ccc(NCc2ccc(Cl)c(Br)c2)cc1Br. The summed E-state index contributed by atoms with van der Waals surface area (Å²) >= 11 is 12.5. The molecule has 94 valence electrons. The minimum absolute atomic E-state index is 0.269. The highest BCUT2D eigenvalue weighted by Gasteiger charge is 2.02. The van der Waals surface area contributed by atoms with E-state index in [1.54, 1.807) is 12.1 Å². The lowest BCUT2D eigenvalue weighted by Gasteiger charge is -2.08. The number of halogens is 4. The van der Waals surface area contributed by atoms with Gasteiger partial charge < -0.3 is 5.32 Å². The molecule has 2 aromatic rings. The average molecular weight is 393 g/mol. The Hall–Kier alpha value is -0.580. The lowest BCUT2D eigenvalue weighted by atomic mass is 10.2. The monoisotopic (exact) mass is 391 g/mol. The zero-order chi connectivity index (χ0) is 13.1. The number of anilines is 1. The van der Waals surface area contributed by atoms with Gasteiger partial charge in [-0.2, -0.15) is 0 Å². The van der Waals surface area contributed by atoms with Gasteiger partial charge in [-0.1, -0.05) is 17.7 Å². The van der Waals surface area contributed by atoms with Crippen molar-refractivity contribution in [3.63, 3.8) is 0 Å². The predicted molar refractivity (Wildman–Crippen MR) is 80.6 cm³/mol. The molecule has 0 bridgehead atoms. The number of rotatable bonds is 3. The van der Waals surface area contributed by atoms with Crippen molar-refractivity contribution in [1.29, 1.82) is 0 Å². The fourth-order valence-electron chi connectivity index (χ4n) is 1.46. The largest absolute Gasteiger partial charge is 0.381 e. The molecule has 0 radical (unpaired) electrons. The summed E-state index contributed by atoms with van der Waals surface area (Å²) in [5.74, 6) is -0.269. The van der Waals surface area contributed by atoms with Crippen LogP contribution in [0.2, 0.25) is 5.02 Å². The topological polar surface area (TPSA) is 12.0 Å². The van der Waals surface area contributed by atoms with Gasteiger partial charge in [-0.05, 0) is 67.8 Å². The normalized spacial score (nSPS) is 10.4. The molecule has 1 N–H and O–H groups in total. The molecule has 0 aliphatic heterocycles. The van der Waals surface area contributed by atoms with E-state index in [0.717, 1.165) is 15.7 Å². The van der Waals surface area contributed by atoms with Crippen LogP contribution in [0.5, 0.6) is 0 Å². The van der Waals surface area contributed by atoms with E-state index in [9.17, 15) is 4.39 Å². The quantitative estimate of drug-likeness (QED) is 0.714. The molecule has 0 aliphatic rings. The van der Waals surface area contributed by atoms with Gasteiger partial charge in [0.15, 0.2) is 0 Å². The van der Waals surface area contributed by atoms with Crippen LogP contribution in [0.4, 0.5) is 10.1 Å². The van der Waals surface area contributed by atoms with E-state index in [2.05, 4.69) is 37.2 Å². The first kappa shape index (κ1) is 13.8. The Bertz CT molecular complexity index is 523. The zero-order valence-electron chi connectivity index (χ0n) is 9.18. The van der Waals surface area contributed by atoms with Crippen molar-refractivity contribution in [2.45, 2.75) is 6.54 Å². The van der Waals surface area contributed by atoms with Gasteiger partial charge in [0, 0.05) is 16.7 Å². The van der Waals surface area contributed by atoms with E-state index in [1.165, 1.54) is 6.07 Å². The molecular weight excluding hydrogens is 384 g/mol. The zero-order valence-corrected chi connectivity index (χ0v) is 13.1. The average Bonchev–Trinajstić information content (AvgIpc) is 2.35. The summed E-state index contributed by atoms with van der Waals surface area (Å²) in [7, 11) is 0. The lowest BCUT2D eigenvalue weighted by molar-refractivity contribution is 0.621. The highest BCUT2D eigenvalue weighted by atomic mass is 79.9. The third-order valence-electron chi connectivity index (χ3n) is 2.40. The molecule has 2 aromatic carbocycles. The molecule has 2 rings (SSSR count). The van der Waals surface area contributed by atoms with E-state index < -0.39 is 0 Å². The highest BCUT2D eigenvalue weighted by Crippen LogP contribution is 2.24. The van der Waals surface area contributed by atoms with E-state index in [-0.39, 0.29) is 5.82 Å². The molecule has 18 heavy (non-hydrogen) atoms. The first-order valence-corrected chi connectivity index (χ1v) is 7.15. The molecule has 0 spiro atoms. The van der Waals surface area contributed by atoms with Crippen LogP contribution in [-0.4, -0.2) is 0 Å². The molecular formula is C13H9Br2ClFN. The minimum Gasteiger partial charge on any atom is -0.381 e. The van der Waals surface area contributed by atoms with Gasteiger partial charge in [0.1, 0.15) is 5.82 Å². The molecule has 0 fully saturated rings. The maximum Gasteiger partial charge on any atom is 0.137 e. The first-order chi connectivity index (χ1) is 8.56. The Morgan fingerprint density at radius 2 is 1.83 bits per heavy atom. The summed E-state index contributed by atoms with van der Waals surface area (Å²) in [6.45, 7) is 0.647. The Labute approximate surface area is 127 Å². The van der Waals surface area contributed by atoms with Gasteiger partial charge in [-0.25, -0.2) is 4.39 Å². The first-order valence-electron chi connectivity index (χ1n) is 5.19. The van der Waals surface area contributed by atoms with E-state index in [4.69, 9.17) is 11.6 Å². The van der Waals surface area contributed by atoms with Crippen molar-refractivity contribution in [2.75, 3.05) is 5.32 Å². The second-order valence-electron chi connectivity index (χ2n) is 3.73. The van der Waals surface area contributed by atoms with E-state index in [1.807, 2.05) is 18.2 Å². The fourth-order valence-corrected chi connectivity index (χ4v) is 2.38. The Morgan fingerprint density at radius 1 is 1.06 bits per heavy atom. The van der Waals surface area contributed by atoms with Gasteiger partial charge in [-0.3, -0.25) is 0 Å². The second-order valence-corrected chi connectivity index (χ2v) is 5.85. The summed E-state index contributed by atoms with van der Waals surface area (Å²) in [4.78, 5) is 0. The van der Waals surface area contributed by atoms with Crippen LogP contribution >= 0.6 is 43.5 Å². The summed E-state index contributed by atoms with van der Waals surface area (Å²) in [5, 5.41) is 3.90. The Balaban J connectivity index is 2.06. The third-order valence-corrected chi connectivity index (χ3v) is 4.22. The molecule has 0 heterocycles. The van der Waals surface area contributed by atoms with Crippen LogP contribution in [-0.2, 0) is 6.54 Å². The summed E-state index contributed by atoms with van der Waals surface area (Å²) in [6.07, 6.45) is 0. The molecule has 1 nitrogen and oxygen atoms in total. The second kappa shape index (κ2) is 6.04. The molecule has 0 atom stereocenters. The Morgan fingerprint density at radius 3 is 2.50 bits per heavy atom. The van der Waals surface area contributed by atoms with Crippen LogP contribution in [0.3, 0.4) is 0 Å². The van der Waals surface area contributed by atoms with Gasteiger partial charge in [0.05, 0.1) is 9.50 Å². The minimum atomic E-state index is -0.269. The number of benzene rings is 2. The molecule has 5 heteroatoms. The molecule has 0 saturated heterocycles. The fraction of sp³-hybridized carbons (Fsp3) is 0.0769. The molecule has 0 unspecified atom stereocenters. The van der Waals surface area contributed by atoms with Crippen molar-refractivity contribution in [3.8, 4) is 0 Å². The van der Waals surface area contributed by atoms with Gasteiger partial charge in [-0.15, -0.1) is 0 Å². The van der Waals surface area contributed by atoms with Gasteiger partial charge >= 0.3 is 0 Å². The van der Waals surface area contributed by atoms with Crippen molar-refractivity contribution in [1.82, 2.24) is 0 Å². The standard InChI is InChI=1S/C13H9Br2ClFN/c14-10-5-8(1-3-12(10)16)7-18-9-2-4-13(17)11(15)6-9/h1-6,18H,7H2. The van der Waals surface area contributed by atoms with Gasteiger partial charge in [0.25, 0.3) is 0 Å². The Kier molecular flexibility index (Phi) is 4.65. The van der Waals surface area contributed by atoms with Crippen molar-refractivity contribution >= 4 is 49.1 Å². The molecule has 0 aliphatic carbocycles. The number of hydrogen-bond donors (Lipinski definition) is 1. The van der Waals surface area contributed by atoms with Crippen molar-refractivity contribution in [2.24, 2.45) is 0 Å². The van der Waals surface area contributed by atoms with Crippen LogP contribution in [0.15, 0.2) is 45.3 Å². The van der Waals surface area contributed by atoms with Crippen LogP contribution in [0, 0.1) is 5.82 Å². The summed E-state index contributed by atoms with van der Waals surface area (Å²) < 4.78 is 14.4. The van der Waals surface area contributed by atoms with E-state index >= 15 is 0 Å². The maximum absolute atomic E-state index is 13.1. The third kappa shape index (κ3) is 3.46. The van der Waals surface area contributed by atoms with Crippen LogP contribution in [0.25, 0.3) is 0 Å². The molecule has 0 amide bonds. The van der Waals surface area contributed by atoms with Crippen molar-refractivity contribution in [3.05, 3.63) is 61.7 Å². The van der Waals surface area contributed by atoms with E-state index in [0.29, 0.717) is 16.0 Å². The van der Waals surface area contributed by atoms with Crippen LogP contribution < -0.4 is 5.32 Å². The smallest absolute Gasteiger partial charge is 0.137 e. The maximum atomic E-state index is 13.1. The van der Waals surface area contributed by atoms with Crippen LogP contribution in [0.1, 0.15) is 5.56 Å². The summed E-state index contributed by atoms with van der Waals surface area (Å²) in [6, 6.07) is 10.6. The number of hydrogen-bond acceptors (Lipinski definition) is 1. The number of nitrogens with one attached hydrogen (secondary N) is 1. The molecule has 0 saturated carbocycles. The summed E-state index contributed by atoms with van der Waals surface area (Å²) in [5.41, 5.74) is 1.95. The van der Waals surface area contributed by atoms with Gasteiger partial charge in [0.2, 0.25) is 0 Å². The molecule has 0 aromatic heterocycles. The van der Waals surface area contributed by atoms with Crippen molar-refractivity contribution < 1.29 is 4.39 Å². The highest BCUT2D eigenvalue weighted by molar-refractivity contribution is 9.10.